The molecule has 0 aromatic heterocycles. The molecule has 3 rings (SSSR count). The number of nitrogens with zero attached hydrogens (tertiary/aromatic N) is 1. The monoisotopic (exact) mass is 335 g/mol. The lowest BCUT2D eigenvalue weighted by Gasteiger charge is -2.07. The molecule has 1 aliphatic heterocycles. The molecule has 0 amide bonds. The van der Waals surface area contributed by atoms with Crippen LogP contribution in [0.3, 0.4) is 0 Å². The van der Waals surface area contributed by atoms with Crippen molar-refractivity contribution in [1.29, 1.82) is 0 Å². The van der Waals surface area contributed by atoms with Gasteiger partial charge in [-0.1, -0.05) is 47.5 Å². The maximum Gasteiger partial charge on any atom is 0.331 e. The summed E-state index contributed by atoms with van der Waals surface area (Å²) in [4.78, 5) is 14.2. The number of halogens is 2. The van der Waals surface area contributed by atoms with Gasteiger partial charge >= 0.3 is 5.97 Å². The SMILES string of the molecule is CCOC(=O)[C@@H]1[C@H](c2ccc(Cl)cc2Cl)N1c1ccccc1. The zero-order chi connectivity index (χ0) is 15.7. The van der Waals surface area contributed by atoms with E-state index in [1.807, 2.05) is 41.3 Å². The van der Waals surface area contributed by atoms with Crippen molar-refractivity contribution in [3.8, 4) is 0 Å². The fraction of sp³-hybridized carbons (Fsp3) is 0.235. The number of rotatable bonds is 4. The van der Waals surface area contributed by atoms with Crippen molar-refractivity contribution in [2.24, 2.45) is 0 Å². The smallest absolute Gasteiger partial charge is 0.331 e. The Balaban J connectivity index is 1.95. The molecule has 0 spiro atoms. The van der Waals surface area contributed by atoms with E-state index in [2.05, 4.69) is 0 Å². The highest BCUT2D eigenvalue weighted by Gasteiger charge is 2.55. The predicted octanol–water partition coefficient (Wildman–Crippen LogP) is 4.49. The molecule has 3 nitrogen and oxygen atoms in total. The third kappa shape index (κ3) is 2.79. The molecule has 0 N–H and O–H groups in total. The summed E-state index contributed by atoms with van der Waals surface area (Å²) in [6.07, 6.45) is 0. The Kier molecular flexibility index (Phi) is 4.27. The van der Waals surface area contributed by atoms with Gasteiger partial charge in [0.1, 0.15) is 0 Å². The molecule has 0 saturated carbocycles. The molecule has 1 heterocycles. The van der Waals surface area contributed by atoms with Crippen LogP contribution >= 0.6 is 23.2 Å². The summed E-state index contributed by atoms with van der Waals surface area (Å²) in [5.74, 6) is -0.234. The number of ether oxygens (including phenoxy) is 1. The molecule has 2 aromatic rings. The first-order valence-corrected chi connectivity index (χ1v) is 7.84. The third-order valence-electron chi connectivity index (χ3n) is 3.67. The lowest BCUT2D eigenvalue weighted by Crippen LogP contribution is -2.15. The Morgan fingerprint density at radius 2 is 1.91 bits per heavy atom. The highest BCUT2D eigenvalue weighted by Crippen LogP contribution is 2.49. The maximum absolute atomic E-state index is 12.2. The minimum absolute atomic E-state index is 0.119. The second kappa shape index (κ2) is 6.19. The summed E-state index contributed by atoms with van der Waals surface area (Å²) in [7, 11) is 0. The van der Waals surface area contributed by atoms with Crippen LogP contribution in [-0.4, -0.2) is 18.6 Å². The van der Waals surface area contributed by atoms with Crippen molar-refractivity contribution >= 4 is 34.9 Å². The first kappa shape index (κ1) is 15.2. The molecule has 1 fully saturated rings. The summed E-state index contributed by atoms with van der Waals surface area (Å²) in [5, 5.41) is 1.14. The van der Waals surface area contributed by atoms with Crippen LogP contribution in [0.5, 0.6) is 0 Å². The maximum atomic E-state index is 12.2. The van der Waals surface area contributed by atoms with E-state index in [0.29, 0.717) is 16.7 Å². The summed E-state index contributed by atoms with van der Waals surface area (Å²) >= 11 is 12.3. The number of para-hydroxylation sites is 1. The summed E-state index contributed by atoms with van der Waals surface area (Å²) in [5.41, 5.74) is 1.85. The average Bonchev–Trinajstić information content (AvgIpc) is 3.23. The van der Waals surface area contributed by atoms with Crippen LogP contribution in [-0.2, 0) is 9.53 Å². The van der Waals surface area contributed by atoms with Gasteiger partial charge in [-0.25, -0.2) is 4.79 Å². The average molecular weight is 336 g/mol. The van der Waals surface area contributed by atoms with Gasteiger partial charge in [-0.3, -0.25) is 0 Å². The topological polar surface area (TPSA) is 29.3 Å². The highest BCUT2D eigenvalue weighted by atomic mass is 35.5. The molecule has 0 radical (unpaired) electrons. The lowest BCUT2D eigenvalue weighted by molar-refractivity contribution is -0.142. The van der Waals surface area contributed by atoms with Crippen molar-refractivity contribution in [3.63, 3.8) is 0 Å². The van der Waals surface area contributed by atoms with Crippen LogP contribution < -0.4 is 4.90 Å². The number of carbonyl (C=O) groups is 1. The van der Waals surface area contributed by atoms with Crippen LogP contribution in [0.1, 0.15) is 18.5 Å². The number of anilines is 1. The van der Waals surface area contributed by atoms with Crippen molar-refractivity contribution in [2.45, 2.75) is 19.0 Å². The molecule has 0 bridgehead atoms. The molecule has 2 aromatic carbocycles. The number of benzene rings is 2. The Bertz CT molecular complexity index is 690. The summed E-state index contributed by atoms with van der Waals surface area (Å²) < 4.78 is 5.18. The molecule has 1 aliphatic rings. The molecular formula is C17H15Cl2NO2. The quantitative estimate of drug-likeness (QED) is 0.609. The number of hydrogen-bond donors (Lipinski definition) is 0. The normalized spacial score (nSPS) is 19.9. The van der Waals surface area contributed by atoms with E-state index in [4.69, 9.17) is 27.9 Å². The van der Waals surface area contributed by atoms with E-state index in [9.17, 15) is 4.79 Å². The zero-order valence-electron chi connectivity index (χ0n) is 12.0. The minimum atomic E-state index is -0.346. The van der Waals surface area contributed by atoms with E-state index >= 15 is 0 Å². The first-order valence-electron chi connectivity index (χ1n) is 7.08. The van der Waals surface area contributed by atoms with Gasteiger partial charge in [-0.05, 0) is 36.8 Å². The first-order chi connectivity index (χ1) is 10.6. The van der Waals surface area contributed by atoms with Gasteiger partial charge < -0.3 is 9.64 Å². The van der Waals surface area contributed by atoms with E-state index in [0.717, 1.165) is 11.3 Å². The van der Waals surface area contributed by atoms with Crippen LogP contribution in [0.4, 0.5) is 5.69 Å². The second-order valence-electron chi connectivity index (χ2n) is 5.05. The van der Waals surface area contributed by atoms with E-state index in [-0.39, 0.29) is 18.1 Å². The standard InChI is InChI=1S/C17H15Cl2NO2/c1-2-22-17(21)16-15(13-9-8-11(18)10-14(13)19)20(16)12-6-4-3-5-7-12/h3-10,15-16H,2H2,1H3/t15-,16-,20?/m0/s1. The van der Waals surface area contributed by atoms with Gasteiger partial charge in [-0.2, -0.15) is 0 Å². The molecule has 1 saturated heterocycles. The predicted molar refractivity (Wildman–Crippen MR) is 88.5 cm³/mol. The molecule has 114 valence electrons. The molecule has 2 atom stereocenters. The lowest BCUT2D eigenvalue weighted by atomic mass is 10.1. The van der Waals surface area contributed by atoms with Gasteiger partial charge in [0, 0.05) is 15.7 Å². The van der Waals surface area contributed by atoms with Crippen LogP contribution in [0.25, 0.3) is 0 Å². The molecular weight excluding hydrogens is 321 g/mol. The largest absolute Gasteiger partial charge is 0.464 e. The van der Waals surface area contributed by atoms with Crippen molar-refractivity contribution in [3.05, 3.63) is 64.1 Å². The van der Waals surface area contributed by atoms with Gasteiger partial charge in [-0.15, -0.1) is 0 Å². The number of hydrogen-bond acceptors (Lipinski definition) is 3. The minimum Gasteiger partial charge on any atom is -0.464 e. The van der Waals surface area contributed by atoms with E-state index in [1.165, 1.54) is 0 Å². The Morgan fingerprint density at radius 1 is 1.18 bits per heavy atom. The zero-order valence-corrected chi connectivity index (χ0v) is 13.5. The van der Waals surface area contributed by atoms with Crippen molar-refractivity contribution < 1.29 is 9.53 Å². The van der Waals surface area contributed by atoms with Crippen molar-refractivity contribution in [1.82, 2.24) is 0 Å². The van der Waals surface area contributed by atoms with Crippen LogP contribution in [0.15, 0.2) is 48.5 Å². The van der Waals surface area contributed by atoms with Crippen molar-refractivity contribution in [2.75, 3.05) is 11.5 Å². The fourth-order valence-electron chi connectivity index (χ4n) is 2.68. The van der Waals surface area contributed by atoms with E-state index in [1.54, 1.807) is 19.1 Å². The molecule has 0 aliphatic carbocycles. The summed E-state index contributed by atoms with van der Waals surface area (Å²) in [6.45, 7) is 2.16. The van der Waals surface area contributed by atoms with Gasteiger partial charge in [0.25, 0.3) is 0 Å². The third-order valence-corrected chi connectivity index (χ3v) is 4.23. The van der Waals surface area contributed by atoms with Gasteiger partial charge in [0.15, 0.2) is 6.04 Å². The van der Waals surface area contributed by atoms with Crippen LogP contribution in [0.2, 0.25) is 10.0 Å². The van der Waals surface area contributed by atoms with Crippen LogP contribution in [0, 0.1) is 0 Å². The number of esters is 1. The molecule has 0 unspecified atom stereocenters. The number of carbonyl (C=O) groups excluding carboxylic acids is 1. The Labute approximate surface area is 139 Å². The van der Waals surface area contributed by atoms with Gasteiger partial charge in [0.2, 0.25) is 0 Å². The Morgan fingerprint density at radius 3 is 2.55 bits per heavy atom. The van der Waals surface area contributed by atoms with Gasteiger partial charge in [0.05, 0.1) is 12.6 Å². The molecule has 22 heavy (non-hydrogen) atoms. The van der Waals surface area contributed by atoms with E-state index < -0.39 is 0 Å². The Hall–Kier alpha value is -1.71. The fourth-order valence-corrected chi connectivity index (χ4v) is 3.20. The second-order valence-corrected chi connectivity index (χ2v) is 5.89. The summed E-state index contributed by atoms with van der Waals surface area (Å²) in [6, 6.07) is 14.6. The molecule has 5 heteroatoms. The highest BCUT2D eigenvalue weighted by molar-refractivity contribution is 6.35.